The van der Waals surface area contributed by atoms with E-state index in [0.717, 1.165) is 43.9 Å². The number of anilines is 1. The highest BCUT2D eigenvalue weighted by molar-refractivity contribution is 5.48. The Hall–Kier alpha value is -1.16. The molecule has 0 amide bonds. The minimum atomic E-state index is -0.255. The summed E-state index contributed by atoms with van der Waals surface area (Å²) in [6, 6.07) is 0. The molecule has 1 fully saturated rings. The van der Waals surface area contributed by atoms with Gasteiger partial charge in [-0.25, -0.2) is 9.97 Å². The Morgan fingerprint density at radius 2 is 1.81 bits per heavy atom. The smallest absolute Gasteiger partial charge is 0.162 e. The molecular weight excluding hydrogens is 262 g/mol. The van der Waals surface area contributed by atoms with Crippen LogP contribution in [0.1, 0.15) is 69.0 Å². The number of ether oxygens (including phenoxy) is 1. The van der Waals surface area contributed by atoms with Crippen molar-refractivity contribution in [2.75, 3.05) is 19.0 Å². The molecule has 0 spiro atoms. The average molecular weight is 289 g/mol. The summed E-state index contributed by atoms with van der Waals surface area (Å²) in [5.74, 6) is 1.97. The Morgan fingerprint density at radius 3 is 2.52 bits per heavy atom. The molecule has 0 atom stereocenters. The van der Waals surface area contributed by atoms with Crippen LogP contribution in [-0.2, 0) is 23.2 Å². The van der Waals surface area contributed by atoms with Gasteiger partial charge in [-0.3, -0.25) is 0 Å². The first kappa shape index (κ1) is 14.8. The molecule has 3 rings (SSSR count). The van der Waals surface area contributed by atoms with Gasteiger partial charge in [0, 0.05) is 24.9 Å². The second-order valence-corrected chi connectivity index (χ2v) is 6.32. The lowest BCUT2D eigenvalue weighted by Crippen LogP contribution is -2.34. The fraction of sp³-hybridized carbons (Fsp3) is 0.765. The second-order valence-electron chi connectivity index (χ2n) is 6.32. The van der Waals surface area contributed by atoms with Crippen LogP contribution in [-0.4, -0.2) is 23.6 Å². The van der Waals surface area contributed by atoms with E-state index in [1.807, 2.05) is 7.11 Å². The van der Waals surface area contributed by atoms with E-state index >= 15 is 0 Å². The molecule has 4 heteroatoms. The molecule has 0 saturated heterocycles. The van der Waals surface area contributed by atoms with Crippen molar-refractivity contribution in [3.63, 3.8) is 0 Å². The fourth-order valence-electron chi connectivity index (χ4n) is 3.75. The summed E-state index contributed by atoms with van der Waals surface area (Å²) >= 11 is 0. The zero-order chi connectivity index (χ0) is 14.7. The fourth-order valence-corrected chi connectivity index (χ4v) is 3.75. The first-order chi connectivity index (χ1) is 10.3. The lowest BCUT2D eigenvalue weighted by Gasteiger charge is -2.35. The molecule has 116 valence electrons. The number of hydrogen-bond donors (Lipinski definition) is 1. The summed E-state index contributed by atoms with van der Waals surface area (Å²) in [6.45, 7) is 3.03. The Balaban J connectivity index is 2.03. The van der Waals surface area contributed by atoms with Crippen LogP contribution in [0.15, 0.2) is 0 Å². The van der Waals surface area contributed by atoms with Gasteiger partial charge in [-0.1, -0.05) is 19.3 Å². The highest BCUT2D eigenvalue weighted by Crippen LogP contribution is 2.40. The number of nitrogens with zero attached hydrogens (tertiary/aromatic N) is 2. The summed E-state index contributed by atoms with van der Waals surface area (Å²) in [5, 5.41) is 3.45. The molecule has 21 heavy (non-hydrogen) atoms. The Bertz CT molecular complexity index is 495. The molecule has 0 aromatic carbocycles. The van der Waals surface area contributed by atoms with E-state index in [4.69, 9.17) is 14.7 Å². The number of aromatic nitrogens is 2. The maximum absolute atomic E-state index is 5.94. The van der Waals surface area contributed by atoms with E-state index in [0.29, 0.717) is 0 Å². The normalized spacial score (nSPS) is 20.9. The number of fused-ring (bicyclic) bond motifs is 1. The Morgan fingerprint density at radius 1 is 1.05 bits per heavy atom. The van der Waals surface area contributed by atoms with Crippen LogP contribution in [0.2, 0.25) is 0 Å². The van der Waals surface area contributed by atoms with E-state index in [2.05, 4.69) is 12.2 Å². The third-order valence-electron chi connectivity index (χ3n) is 4.99. The van der Waals surface area contributed by atoms with E-state index in [1.54, 1.807) is 0 Å². The summed E-state index contributed by atoms with van der Waals surface area (Å²) in [5.41, 5.74) is 2.34. The molecule has 0 radical (unpaired) electrons. The van der Waals surface area contributed by atoms with Crippen LogP contribution in [0.4, 0.5) is 5.82 Å². The van der Waals surface area contributed by atoms with Crippen molar-refractivity contribution in [3.05, 3.63) is 17.1 Å². The molecule has 1 heterocycles. The third-order valence-corrected chi connectivity index (χ3v) is 4.99. The van der Waals surface area contributed by atoms with Crippen molar-refractivity contribution in [1.29, 1.82) is 0 Å². The highest BCUT2D eigenvalue weighted by Gasteiger charge is 2.38. The summed E-state index contributed by atoms with van der Waals surface area (Å²) in [4.78, 5) is 9.84. The number of nitrogens with one attached hydrogen (secondary N) is 1. The van der Waals surface area contributed by atoms with Crippen LogP contribution in [0.5, 0.6) is 0 Å². The zero-order valence-corrected chi connectivity index (χ0v) is 13.4. The quantitative estimate of drug-likeness (QED) is 0.920. The maximum atomic E-state index is 5.94. The number of aryl methyl sites for hydroxylation is 1. The Kier molecular flexibility index (Phi) is 4.43. The van der Waals surface area contributed by atoms with Crippen molar-refractivity contribution in [2.24, 2.45) is 0 Å². The van der Waals surface area contributed by atoms with Gasteiger partial charge in [0.05, 0.1) is 0 Å². The highest BCUT2D eigenvalue weighted by atomic mass is 16.5. The van der Waals surface area contributed by atoms with Crippen molar-refractivity contribution in [1.82, 2.24) is 9.97 Å². The number of rotatable bonds is 4. The molecule has 4 nitrogen and oxygen atoms in total. The monoisotopic (exact) mass is 289 g/mol. The molecule has 1 aromatic heterocycles. The maximum Gasteiger partial charge on any atom is 0.162 e. The van der Waals surface area contributed by atoms with Gasteiger partial charge in [-0.15, -0.1) is 0 Å². The molecular formula is C17H27N3O. The number of methoxy groups -OCH3 is 1. The third kappa shape index (κ3) is 2.78. The summed E-state index contributed by atoms with van der Waals surface area (Å²) in [6.07, 6.45) is 10.5. The SMILES string of the molecule is CCNc1nc(C2(OC)CCCCC2)nc2c1CCCC2. The molecule has 2 aliphatic carbocycles. The van der Waals surface area contributed by atoms with Gasteiger partial charge in [0.2, 0.25) is 0 Å². The predicted octanol–water partition coefficient (Wildman–Crippen LogP) is 3.59. The van der Waals surface area contributed by atoms with E-state index in [1.165, 1.54) is 43.4 Å². The molecule has 0 aliphatic heterocycles. The second kappa shape index (κ2) is 6.30. The van der Waals surface area contributed by atoms with Crippen molar-refractivity contribution >= 4 is 5.82 Å². The van der Waals surface area contributed by atoms with Gasteiger partial charge in [-0.05, 0) is 45.4 Å². The minimum absolute atomic E-state index is 0.255. The average Bonchev–Trinajstić information content (AvgIpc) is 2.55. The lowest BCUT2D eigenvalue weighted by atomic mass is 9.83. The standard InChI is InChI=1S/C17H27N3O/c1-3-18-15-13-9-5-6-10-14(13)19-16(20-15)17(21-2)11-7-4-8-12-17/h3-12H2,1-2H3,(H,18,19,20). The van der Waals surface area contributed by atoms with Crippen LogP contribution < -0.4 is 5.32 Å². The zero-order valence-electron chi connectivity index (χ0n) is 13.4. The molecule has 0 unspecified atom stereocenters. The van der Waals surface area contributed by atoms with Gasteiger partial charge >= 0.3 is 0 Å². The van der Waals surface area contributed by atoms with Crippen LogP contribution in [0.3, 0.4) is 0 Å². The number of hydrogen-bond acceptors (Lipinski definition) is 4. The van der Waals surface area contributed by atoms with Crippen molar-refractivity contribution in [2.45, 2.75) is 70.3 Å². The topological polar surface area (TPSA) is 47.0 Å². The van der Waals surface area contributed by atoms with Gasteiger partial charge in [-0.2, -0.15) is 0 Å². The lowest BCUT2D eigenvalue weighted by molar-refractivity contribution is -0.0515. The van der Waals surface area contributed by atoms with Crippen molar-refractivity contribution < 1.29 is 4.74 Å². The van der Waals surface area contributed by atoms with Crippen LogP contribution in [0.25, 0.3) is 0 Å². The van der Waals surface area contributed by atoms with E-state index < -0.39 is 0 Å². The summed E-state index contributed by atoms with van der Waals surface area (Å²) in [7, 11) is 1.82. The first-order valence-electron chi connectivity index (χ1n) is 8.48. The van der Waals surface area contributed by atoms with E-state index in [9.17, 15) is 0 Å². The molecule has 1 aromatic rings. The van der Waals surface area contributed by atoms with Gasteiger partial charge < -0.3 is 10.1 Å². The molecule has 1 N–H and O–H groups in total. The van der Waals surface area contributed by atoms with Crippen LogP contribution >= 0.6 is 0 Å². The summed E-state index contributed by atoms with van der Waals surface area (Å²) < 4.78 is 5.94. The van der Waals surface area contributed by atoms with Gasteiger partial charge in [0.25, 0.3) is 0 Å². The van der Waals surface area contributed by atoms with Crippen LogP contribution in [0, 0.1) is 0 Å². The largest absolute Gasteiger partial charge is 0.370 e. The van der Waals surface area contributed by atoms with Gasteiger partial charge in [0.15, 0.2) is 5.82 Å². The molecule has 0 bridgehead atoms. The predicted molar refractivity (Wildman–Crippen MR) is 84.6 cm³/mol. The molecule has 2 aliphatic rings. The van der Waals surface area contributed by atoms with E-state index in [-0.39, 0.29) is 5.60 Å². The minimum Gasteiger partial charge on any atom is -0.370 e. The van der Waals surface area contributed by atoms with Crippen molar-refractivity contribution in [3.8, 4) is 0 Å². The first-order valence-corrected chi connectivity index (χ1v) is 8.48. The van der Waals surface area contributed by atoms with Gasteiger partial charge in [0.1, 0.15) is 11.4 Å². The Labute approximate surface area is 127 Å². The molecule has 1 saturated carbocycles.